The topological polar surface area (TPSA) is 62.3 Å². The van der Waals surface area contributed by atoms with E-state index < -0.39 is 10.0 Å². The summed E-state index contributed by atoms with van der Waals surface area (Å²) in [6, 6.07) is 10.8. The first-order chi connectivity index (χ1) is 12.0. The average molecular weight is 359 g/mol. The van der Waals surface area contributed by atoms with E-state index in [1.807, 2.05) is 31.2 Å². The second-order valence-corrected chi connectivity index (χ2v) is 8.38. The van der Waals surface area contributed by atoms with Crippen molar-refractivity contribution < 1.29 is 8.42 Å². The predicted octanol–water partition coefficient (Wildman–Crippen LogP) is 3.74. The first kappa shape index (κ1) is 17.9. The van der Waals surface area contributed by atoms with Crippen molar-refractivity contribution in [3.05, 3.63) is 53.7 Å². The van der Waals surface area contributed by atoms with Crippen LogP contribution in [0.4, 0.5) is 5.82 Å². The number of rotatable bonds is 6. The standard InChI is InChI=1S/C19H25N3O2S/c1-3-12-20-19-11-8-16(14-21-19)18-5-4-13-22(18)25(23,24)17-9-6-15(2)7-10-17/h6-11,14,18H,3-5,12-13H2,1-2H3,(H,20,21). The van der Waals surface area contributed by atoms with Gasteiger partial charge in [0.2, 0.25) is 10.0 Å². The van der Waals surface area contributed by atoms with Crippen molar-refractivity contribution in [2.45, 2.75) is 44.0 Å². The minimum absolute atomic E-state index is 0.140. The molecule has 3 rings (SSSR count). The zero-order valence-electron chi connectivity index (χ0n) is 14.8. The van der Waals surface area contributed by atoms with Crippen LogP contribution in [0.3, 0.4) is 0 Å². The molecule has 25 heavy (non-hydrogen) atoms. The van der Waals surface area contributed by atoms with Crippen LogP contribution < -0.4 is 5.32 Å². The molecule has 0 aliphatic carbocycles. The van der Waals surface area contributed by atoms with E-state index >= 15 is 0 Å². The van der Waals surface area contributed by atoms with Crippen LogP contribution >= 0.6 is 0 Å². The maximum atomic E-state index is 13.0. The van der Waals surface area contributed by atoms with Crippen molar-refractivity contribution in [1.29, 1.82) is 0 Å². The molecule has 0 bridgehead atoms. The molecule has 2 aromatic rings. The van der Waals surface area contributed by atoms with E-state index in [-0.39, 0.29) is 6.04 Å². The van der Waals surface area contributed by atoms with Crippen molar-refractivity contribution in [2.75, 3.05) is 18.4 Å². The van der Waals surface area contributed by atoms with Crippen LogP contribution in [0.5, 0.6) is 0 Å². The van der Waals surface area contributed by atoms with Crippen molar-refractivity contribution >= 4 is 15.8 Å². The number of sulfonamides is 1. The highest BCUT2D eigenvalue weighted by Gasteiger charge is 2.36. The molecular weight excluding hydrogens is 334 g/mol. The molecule has 1 aromatic heterocycles. The number of pyridine rings is 1. The smallest absolute Gasteiger partial charge is 0.243 e. The molecule has 1 aromatic carbocycles. The molecule has 1 N–H and O–H groups in total. The molecule has 134 valence electrons. The van der Waals surface area contributed by atoms with Gasteiger partial charge in [-0.05, 0) is 49.9 Å². The van der Waals surface area contributed by atoms with Gasteiger partial charge >= 0.3 is 0 Å². The molecule has 0 radical (unpaired) electrons. The van der Waals surface area contributed by atoms with Crippen molar-refractivity contribution in [2.24, 2.45) is 0 Å². The fraction of sp³-hybridized carbons (Fsp3) is 0.421. The van der Waals surface area contributed by atoms with Gasteiger partial charge in [-0.2, -0.15) is 4.31 Å². The summed E-state index contributed by atoms with van der Waals surface area (Å²) < 4.78 is 27.7. The predicted molar refractivity (Wildman–Crippen MR) is 100 cm³/mol. The highest BCUT2D eigenvalue weighted by molar-refractivity contribution is 7.89. The van der Waals surface area contributed by atoms with Crippen molar-refractivity contribution in [3.63, 3.8) is 0 Å². The van der Waals surface area contributed by atoms with Gasteiger partial charge in [0.15, 0.2) is 0 Å². The number of aromatic nitrogens is 1. The lowest BCUT2D eigenvalue weighted by Gasteiger charge is -2.24. The van der Waals surface area contributed by atoms with Crippen molar-refractivity contribution in [1.82, 2.24) is 9.29 Å². The van der Waals surface area contributed by atoms with E-state index in [9.17, 15) is 8.42 Å². The first-order valence-electron chi connectivity index (χ1n) is 8.80. The van der Waals surface area contributed by atoms with Gasteiger partial charge in [-0.1, -0.05) is 30.7 Å². The Kier molecular flexibility index (Phi) is 5.39. The minimum atomic E-state index is -3.49. The van der Waals surface area contributed by atoms with Crippen LogP contribution in [0.25, 0.3) is 0 Å². The zero-order chi connectivity index (χ0) is 17.9. The Hall–Kier alpha value is -1.92. The van der Waals surface area contributed by atoms with Crippen LogP contribution in [-0.2, 0) is 10.0 Å². The number of aryl methyl sites for hydroxylation is 1. The lowest BCUT2D eigenvalue weighted by atomic mass is 10.1. The van der Waals surface area contributed by atoms with Crippen LogP contribution in [0.15, 0.2) is 47.5 Å². The Labute approximate surface area is 150 Å². The molecule has 1 aliphatic heterocycles. The average Bonchev–Trinajstić information content (AvgIpc) is 3.11. The van der Waals surface area contributed by atoms with Crippen LogP contribution in [0.1, 0.15) is 43.4 Å². The van der Waals surface area contributed by atoms with E-state index in [0.29, 0.717) is 11.4 Å². The lowest BCUT2D eigenvalue weighted by Crippen LogP contribution is -2.30. The van der Waals surface area contributed by atoms with Crippen LogP contribution in [0, 0.1) is 6.92 Å². The largest absolute Gasteiger partial charge is 0.370 e. The van der Waals surface area contributed by atoms with E-state index in [2.05, 4.69) is 17.2 Å². The number of benzene rings is 1. The van der Waals surface area contributed by atoms with Crippen molar-refractivity contribution in [3.8, 4) is 0 Å². The summed E-state index contributed by atoms with van der Waals surface area (Å²) in [5.41, 5.74) is 2.01. The number of hydrogen-bond acceptors (Lipinski definition) is 4. The molecular formula is C19H25N3O2S. The third-order valence-corrected chi connectivity index (χ3v) is 6.48. The summed E-state index contributed by atoms with van der Waals surface area (Å²) in [4.78, 5) is 4.79. The second kappa shape index (κ2) is 7.54. The van der Waals surface area contributed by atoms with Gasteiger partial charge in [0, 0.05) is 19.3 Å². The minimum Gasteiger partial charge on any atom is -0.370 e. The normalized spacial score (nSPS) is 18.4. The summed E-state index contributed by atoms with van der Waals surface area (Å²) in [5.74, 6) is 0.830. The second-order valence-electron chi connectivity index (χ2n) is 6.49. The maximum Gasteiger partial charge on any atom is 0.243 e. The number of nitrogens with one attached hydrogen (secondary N) is 1. The molecule has 0 spiro atoms. The quantitative estimate of drug-likeness (QED) is 0.853. The first-order valence-corrected chi connectivity index (χ1v) is 10.2. The number of hydrogen-bond donors (Lipinski definition) is 1. The van der Waals surface area contributed by atoms with Gasteiger partial charge in [-0.25, -0.2) is 13.4 Å². The number of anilines is 1. The Balaban J connectivity index is 1.83. The summed E-state index contributed by atoms with van der Waals surface area (Å²) >= 11 is 0. The third-order valence-electron chi connectivity index (χ3n) is 4.56. The van der Waals surface area contributed by atoms with E-state index in [0.717, 1.165) is 42.8 Å². The summed E-state index contributed by atoms with van der Waals surface area (Å²) in [7, 11) is -3.49. The van der Waals surface area contributed by atoms with E-state index in [1.165, 1.54) is 0 Å². The Morgan fingerprint density at radius 3 is 2.60 bits per heavy atom. The van der Waals surface area contributed by atoms with Gasteiger partial charge in [-0.15, -0.1) is 0 Å². The Morgan fingerprint density at radius 1 is 1.20 bits per heavy atom. The molecule has 2 heterocycles. The van der Waals surface area contributed by atoms with E-state index in [4.69, 9.17) is 0 Å². The monoisotopic (exact) mass is 359 g/mol. The zero-order valence-corrected chi connectivity index (χ0v) is 15.6. The van der Waals surface area contributed by atoms with Gasteiger partial charge in [0.25, 0.3) is 0 Å². The summed E-state index contributed by atoms with van der Waals surface area (Å²) in [5, 5.41) is 3.24. The third kappa shape index (κ3) is 3.85. The van der Waals surface area contributed by atoms with Crippen LogP contribution in [0.2, 0.25) is 0 Å². The van der Waals surface area contributed by atoms with E-state index in [1.54, 1.807) is 22.6 Å². The molecule has 1 unspecified atom stereocenters. The molecule has 1 atom stereocenters. The molecule has 5 nitrogen and oxygen atoms in total. The van der Waals surface area contributed by atoms with Crippen LogP contribution in [-0.4, -0.2) is 30.8 Å². The molecule has 0 saturated carbocycles. The lowest BCUT2D eigenvalue weighted by molar-refractivity contribution is 0.396. The molecule has 0 amide bonds. The fourth-order valence-corrected chi connectivity index (χ4v) is 4.85. The summed E-state index contributed by atoms with van der Waals surface area (Å²) in [6.45, 7) is 5.49. The molecule has 1 saturated heterocycles. The SMILES string of the molecule is CCCNc1ccc(C2CCCN2S(=O)(=O)c2ccc(C)cc2)cn1. The Morgan fingerprint density at radius 2 is 1.96 bits per heavy atom. The summed E-state index contributed by atoms with van der Waals surface area (Å²) in [6.07, 6.45) is 4.53. The molecule has 6 heteroatoms. The van der Waals surface area contributed by atoms with Gasteiger partial charge in [0.1, 0.15) is 5.82 Å². The van der Waals surface area contributed by atoms with Gasteiger partial charge in [-0.3, -0.25) is 0 Å². The number of nitrogens with zero attached hydrogens (tertiary/aromatic N) is 2. The fourth-order valence-electron chi connectivity index (χ4n) is 3.17. The molecule has 1 aliphatic rings. The molecule has 1 fully saturated rings. The highest BCUT2D eigenvalue weighted by Crippen LogP contribution is 2.36. The van der Waals surface area contributed by atoms with Gasteiger partial charge in [0.05, 0.1) is 10.9 Å². The maximum absolute atomic E-state index is 13.0. The Bertz CT molecular complexity index is 802. The van der Waals surface area contributed by atoms with Gasteiger partial charge < -0.3 is 5.32 Å². The highest BCUT2D eigenvalue weighted by atomic mass is 32.2.